The summed E-state index contributed by atoms with van der Waals surface area (Å²) in [4.78, 5) is 41.2. The number of aryl methyl sites for hydroxylation is 2. The summed E-state index contributed by atoms with van der Waals surface area (Å²) in [6.07, 6.45) is 0.235. The number of carbonyl (C=O) groups excluding carboxylic acids is 2. The lowest BCUT2D eigenvalue weighted by atomic mass is 10.1. The highest BCUT2D eigenvalue weighted by Crippen LogP contribution is 2.15. The molecule has 1 aromatic carbocycles. The summed E-state index contributed by atoms with van der Waals surface area (Å²) in [5.41, 5.74) is 2.02. The zero-order valence-electron chi connectivity index (χ0n) is 17.4. The van der Waals surface area contributed by atoms with Crippen molar-refractivity contribution in [1.29, 1.82) is 0 Å². The number of aromatic nitrogens is 3. The van der Waals surface area contributed by atoms with Gasteiger partial charge >= 0.3 is 0 Å². The van der Waals surface area contributed by atoms with Crippen LogP contribution in [0, 0.1) is 13.8 Å². The molecular formula is C22H23N5O4. The van der Waals surface area contributed by atoms with E-state index in [0.29, 0.717) is 37.6 Å². The maximum absolute atomic E-state index is 12.9. The van der Waals surface area contributed by atoms with Crippen LogP contribution in [0.15, 0.2) is 51.8 Å². The summed E-state index contributed by atoms with van der Waals surface area (Å²) >= 11 is 0. The molecule has 0 unspecified atom stereocenters. The number of rotatable bonds is 4. The third-order valence-electron chi connectivity index (χ3n) is 5.45. The van der Waals surface area contributed by atoms with Crippen molar-refractivity contribution in [2.24, 2.45) is 0 Å². The number of carbonyl (C=O) groups is 2. The van der Waals surface area contributed by atoms with Gasteiger partial charge in [-0.05, 0) is 32.0 Å². The maximum atomic E-state index is 12.9. The van der Waals surface area contributed by atoms with Gasteiger partial charge < -0.3 is 14.3 Å². The second kappa shape index (κ2) is 8.55. The molecule has 0 aliphatic carbocycles. The highest BCUT2D eigenvalue weighted by Gasteiger charge is 2.27. The Morgan fingerprint density at radius 1 is 0.968 bits per heavy atom. The highest BCUT2D eigenvalue weighted by atomic mass is 16.5. The van der Waals surface area contributed by atoms with Crippen molar-refractivity contribution in [1.82, 2.24) is 24.7 Å². The highest BCUT2D eigenvalue weighted by molar-refractivity contribution is 5.92. The molecule has 1 aliphatic heterocycles. The molecular weight excluding hydrogens is 398 g/mol. The Morgan fingerprint density at radius 3 is 2.29 bits per heavy atom. The summed E-state index contributed by atoms with van der Waals surface area (Å²) < 4.78 is 6.35. The first kappa shape index (κ1) is 20.5. The van der Waals surface area contributed by atoms with Gasteiger partial charge in [0, 0.05) is 37.8 Å². The van der Waals surface area contributed by atoms with Crippen LogP contribution >= 0.6 is 0 Å². The fourth-order valence-corrected chi connectivity index (χ4v) is 3.62. The van der Waals surface area contributed by atoms with Crippen LogP contribution in [0.4, 0.5) is 0 Å². The van der Waals surface area contributed by atoms with Gasteiger partial charge in [0.05, 0.1) is 17.8 Å². The van der Waals surface area contributed by atoms with Crippen LogP contribution in [0.25, 0.3) is 5.69 Å². The Labute approximate surface area is 178 Å². The molecule has 9 heteroatoms. The van der Waals surface area contributed by atoms with Gasteiger partial charge in [-0.15, -0.1) is 0 Å². The van der Waals surface area contributed by atoms with Gasteiger partial charge in [-0.2, -0.15) is 9.78 Å². The number of piperazine rings is 1. The van der Waals surface area contributed by atoms with Crippen LogP contribution in [0.2, 0.25) is 0 Å². The van der Waals surface area contributed by atoms with E-state index < -0.39 is 0 Å². The molecule has 3 heterocycles. The Bertz CT molecular complexity index is 1140. The predicted octanol–water partition coefficient (Wildman–Crippen LogP) is 1.36. The summed E-state index contributed by atoms with van der Waals surface area (Å²) in [7, 11) is 0. The van der Waals surface area contributed by atoms with Crippen molar-refractivity contribution in [3.63, 3.8) is 0 Å². The lowest BCUT2D eigenvalue weighted by Gasteiger charge is -2.34. The standard InChI is InChI=1S/C22H23N5O4/c1-15-18(16(2)31-24-15)14-21(29)25-10-12-26(13-11-25)22(30)19-8-9-20(28)27(23-19)17-6-4-3-5-7-17/h3-9H,10-14H2,1-2H3. The minimum absolute atomic E-state index is 0.0164. The number of nitrogens with zero attached hydrogens (tertiary/aromatic N) is 5. The quantitative estimate of drug-likeness (QED) is 0.631. The number of hydrogen-bond acceptors (Lipinski definition) is 6. The Hall–Kier alpha value is -3.75. The lowest BCUT2D eigenvalue weighted by molar-refractivity contribution is -0.131. The van der Waals surface area contributed by atoms with Crippen LogP contribution < -0.4 is 5.56 Å². The monoisotopic (exact) mass is 421 g/mol. The van der Waals surface area contributed by atoms with E-state index in [-0.39, 0.29) is 29.5 Å². The molecule has 0 saturated carbocycles. The van der Waals surface area contributed by atoms with Crippen molar-refractivity contribution in [2.75, 3.05) is 26.2 Å². The van der Waals surface area contributed by atoms with Crippen molar-refractivity contribution >= 4 is 11.8 Å². The van der Waals surface area contributed by atoms with Gasteiger partial charge in [0.15, 0.2) is 0 Å². The van der Waals surface area contributed by atoms with Crippen molar-refractivity contribution in [2.45, 2.75) is 20.3 Å². The molecule has 0 N–H and O–H groups in total. The van der Waals surface area contributed by atoms with Crippen molar-refractivity contribution in [3.8, 4) is 5.69 Å². The van der Waals surface area contributed by atoms with Crippen LogP contribution in [-0.4, -0.2) is 62.7 Å². The first-order valence-corrected chi connectivity index (χ1v) is 10.1. The molecule has 0 spiro atoms. The number of amides is 2. The molecule has 1 aliphatic rings. The molecule has 0 bridgehead atoms. The third-order valence-corrected chi connectivity index (χ3v) is 5.45. The van der Waals surface area contributed by atoms with Crippen LogP contribution in [-0.2, 0) is 11.2 Å². The molecule has 0 radical (unpaired) electrons. The van der Waals surface area contributed by atoms with E-state index in [4.69, 9.17) is 4.52 Å². The number of hydrogen-bond donors (Lipinski definition) is 0. The molecule has 9 nitrogen and oxygen atoms in total. The van der Waals surface area contributed by atoms with Gasteiger partial charge in [-0.3, -0.25) is 14.4 Å². The molecule has 31 heavy (non-hydrogen) atoms. The fraction of sp³-hybridized carbons (Fsp3) is 0.318. The summed E-state index contributed by atoms with van der Waals surface area (Å²) in [6.45, 7) is 5.29. The average Bonchev–Trinajstić information content (AvgIpc) is 3.11. The first-order chi connectivity index (χ1) is 14.9. The Kier molecular flexibility index (Phi) is 5.66. The van der Waals surface area contributed by atoms with E-state index in [9.17, 15) is 14.4 Å². The summed E-state index contributed by atoms with van der Waals surface area (Å²) in [5, 5.41) is 8.14. The smallest absolute Gasteiger partial charge is 0.274 e. The average molecular weight is 421 g/mol. The molecule has 1 saturated heterocycles. The normalized spacial score (nSPS) is 14.0. The summed E-state index contributed by atoms with van der Waals surface area (Å²) in [5.74, 6) is 0.374. The van der Waals surface area contributed by atoms with Crippen molar-refractivity contribution < 1.29 is 14.1 Å². The van der Waals surface area contributed by atoms with Crippen LogP contribution in [0.1, 0.15) is 27.5 Å². The second-order valence-corrected chi connectivity index (χ2v) is 7.46. The fourth-order valence-electron chi connectivity index (χ4n) is 3.62. The molecule has 160 valence electrons. The van der Waals surface area contributed by atoms with Gasteiger partial charge in [0.2, 0.25) is 5.91 Å². The number of benzene rings is 1. The van der Waals surface area contributed by atoms with E-state index in [1.54, 1.807) is 41.0 Å². The zero-order valence-corrected chi connectivity index (χ0v) is 17.4. The van der Waals surface area contributed by atoms with E-state index in [1.807, 2.05) is 13.0 Å². The largest absolute Gasteiger partial charge is 0.361 e. The van der Waals surface area contributed by atoms with Crippen molar-refractivity contribution in [3.05, 3.63) is 75.5 Å². The molecule has 3 aromatic rings. The van der Waals surface area contributed by atoms with Crippen LogP contribution in [0.3, 0.4) is 0 Å². The Balaban J connectivity index is 1.42. The van der Waals surface area contributed by atoms with Crippen LogP contribution in [0.5, 0.6) is 0 Å². The maximum Gasteiger partial charge on any atom is 0.274 e. The third kappa shape index (κ3) is 4.25. The van der Waals surface area contributed by atoms with Gasteiger partial charge in [0.1, 0.15) is 11.5 Å². The van der Waals surface area contributed by atoms with Gasteiger partial charge in [-0.1, -0.05) is 23.4 Å². The first-order valence-electron chi connectivity index (χ1n) is 10.1. The molecule has 0 atom stereocenters. The second-order valence-electron chi connectivity index (χ2n) is 7.46. The zero-order chi connectivity index (χ0) is 22.0. The SMILES string of the molecule is Cc1noc(C)c1CC(=O)N1CCN(C(=O)c2ccc(=O)n(-c3ccccc3)n2)CC1. The minimum atomic E-state index is -0.308. The van der Waals surface area contributed by atoms with E-state index in [0.717, 1.165) is 11.3 Å². The van der Waals surface area contributed by atoms with Gasteiger partial charge in [0.25, 0.3) is 11.5 Å². The summed E-state index contributed by atoms with van der Waals surface area (Å²) in [6, 6.07) is 11.7. The molecule has 2 aromatic heterocycles. The lowest BCUT2D eigenvalue weighted by Crippen LogP contribution is -2.51. The predicted molar refractivity (Wildman–Crippen MR) is 112 cm³/mol. The Morgan fingerprint density at radius 2 is 1.65 bits per heavy atom. The van der Waals surface area contributed by atoms with E-state index in [2.05, 4.69) is 10.3 Å². The topological polar surface area (TPSA) is 102 Å². The van der Waals surface area contributed by atoms with E-state index >= 15 is 0 Å². The molecule has 4 rings (SSSR count). The number of para-hydroxylation sites is 1. The van der Waals surface area contributed by atoms with E-state index in [1.165, 1.54) is 16.8 Å². The van der Waals surface area contributed by atoms with Gasteiger partial charge in [-0.25, -0.2) is 0 Å². The molecule has 2 amide bonds. The minimum Gasteiger partial charge on any atom is -0.361 e. The molecule has 1 fully saturated rings.